The molecular weight excluding hydrogens is 1010 g/mol. The van der Waals surface area contributed by atoms with Crippen LogP contribution in [0.4, 0.5) is 0 Å². The van der Waals surface area contributed by atoms with E-state index in [2.05, 4.69) is 93.7 Å². The molecule has 0 aromatic rings. The third-order valence-corrected chi connectivity index (χ3v) is 15.9. The predicted octanol–water partition coefficient (Wildman–Crippen LogP) is 24.8. The lowest BCUT2D eigenvalue weighted by molar-refractivity contribution is -0.167. The zero-order valence-electron chi connectivity index (χ0n) is 54.8. The first-order valence-electron chi connectivity index (χ1n) is 35.9. The Morgan fingerprint density at radius 1 is 0.256 bits per heavy atom. The summed E-state index contributed by atoms with van der Waals surface area (Å²) >= 11 is 0. The van der Waals surface area contributed by atoms with Crippen LogP contribution in [0.3, 0.4) is 0 Å². The normalized spacial score (nSPS) is 12.5. The molecule has 6 heteroatoms. The molecule has 0 N–H and O–H groups in total. The smallest absolute Gasteiger partial charge is 0.306 e. The van der Waals surface area contributed by atoms with E-state index in [4.69, 9.17) is 14.2 Å². The Labute approximate surface area is 510 Å². The summed E-state index contributed by atoms with van der Waals surface area (Å²) in [5, 5.41) is 0. The molecule has 476 valence electrons. The molecule has 6 nitrogen and oxygen atoms in total. The maximum Gasteiger partial charge on any atom is 0.306 e. The minimum absolute atomic E-state index is 0.0805. The Morgan fingerprint density at radius 2 is 0.476 bits per heavy atom. The SMILES string of the molecule is CC/C=C\C/C=C\C/C=C\C/C=C\CCCCCCC(=O)OCC(COC(=O)CCCCCCCCCCCCCCCCCCCCCCCCCC)OC(=O)CCCCCCCCCCCCC/C=C\C/C=C\CCCCCCC. The molecule has 0 bridgehead atoms. The second kappa shape index (κ2) is 70.3. The van der Waals surface area contributed by atoms with Gasteiger partial charge in [-0.2, -0.15) is 0 Å². The molecule has 0 saturated carbocycles. The molecular formula is C76H136O6. The van der Waals surface area contributed by atoms with Gasteiger partial charge in [0, 0.05) is 19.3 Å². The number of ether oxygens (including phenoxy) is 3. The van der Waals surface area contributed by atoms with Crippen molar-refractivity contribution in [2.24, 2.45) is 0 Å². The Kier molecular flexibility index (Phi) is 67.6. The van der Waals surface area contributed by atoms with Crippen LogP contribution in [0.2, 0.25) is 0 Å². The summed E-state index contributed by atoms with van der Waals surface area (Å²) in [5.41, 5.74) is 0. The maximum absolute atomic E-state index is 13.0. The Bertz CT molecular complexity index is 1500. The molecule has 0 radical (unpaired) electrons. The highest BCUT2D eigenvalue weighted by molar-refractivity contribution is 5.71. The summed E-state index contributed by atoms with van der Waals surface area (Å²) in [6.07, 6.45) is 92.2. The van der Waals surface area contributed by atoms with Gasteiger partial charge in [0.05, 0.1) is 0 Å². The van der Waals surface area contributed by atoms with Crippen LogP contribution in [0.15, 0.2) is 72.9 Å². The van der Waals surface area contributed by atoms with Gasteiger partial charge in [-0.1, -0.05) is 338 Å². The van der Waals surface area contributed by atoms with Crippen molar-refractivity contribution in [3.63, 3.8) is 0 Å². The fourth-order valence-electron chi connectivity index (χ4n) is 10.6. The summed E-state index contributed by atoms with van der Waals surface area (Å²) < 4.78 is 17.0. The van der Waals surface area contributed by atoms with E-state index in [1.54, 1.807) is 0 Å². The van der Waals surface area contributed by atoms with Crippen LogP contribution >= 0.6 is 0 Å². The van der Waals surface area contributed by atoms with Crippen LogP contribution in [0.25, 0.3) is 0 Å². The lowest BCUT2D eigenvalue weighted by Gasteiger charge is -2.18. The third-order valence-electron chi connectivity index (χ3n) is 15.9. The van der Waals surface area contributed by atoms with Gasteiger partial charge in [-0.15, -0.1) is 0 Å². The van der Waals surface area contributed by atoms with Gasteiger partial charge in [-0.05, 0) is 89.9 Å². The number of hydrogen-bond acceptors (Lipinski definition) is 6. The quantitative estimate of drug-likeness (QED) is 0.0261. The minimum atomic E-state index is -0.788. The Balaban J connectivity index is 4.33. The molecule has 0 aliphatic carbocycles. The second-order valence-corrected chi connectivity index (χ2v) is 24.1. The molecule has 0 aromatic carbocycles. The van der Waals surface area contributed by atoms with Crippen LogP contribution in [-0.2, 0) is 28.6 Å². The molecule has 0 amide bonds. The van der Waals surface area contributed by atoms with Gasteiger partial charge in [-0.3, -0.25) is 14.4 Å². The van der Waals surface area contributed by atoms with Crippen molar-refractivity contribution >= 4 is 17.9 Å². The van der Waals surface area contributed by atoms with Crippen molar-refractivity contribution in [3.8, 4) is 0 Å². The zero-order valence-corrected chi connectivity index (χ0v) is 54.8. The average molecular weight is 1150 g/mol. The second-order valence-electron chi connectivity index (χ2n) is 24.1. The lowest BCUT2D eigenvalue weighted by Crippen LogP contribution is -2.30. The fourth-order valence-corrected chi connectivity index (χ4v) is 10.6. The average Bonchev–Trinajstić information content (AvgIpc) is 3.47. The fraction of sp³-hybridized carbons (Fsp3) is 0.803. The Morgan fingerprint density at radius 3 is 0.744 bits per heavy atom. The van der Waals surface area contributed by atoms with Crippen LogP contribution in [0.1, 0.15) is 374 Å². The highest BCUT2D eigenvalue weighted by Crippen LogP contribution is 2.18. The number of carbonyl (C=O) groups is 3. The van der Waals surface area contributed by atoms with Gasteiger partial charge >= 0.3 is 17.9 Å². The molecule has 0 heterocycles. The van der Waals surface area contributed by atoms with Crippen LogP contribution < -0.4 is 0 Å². The topological polar surface area (TPSA) is 78.9 Å². The molecule has 0 fully saturated rings. The first-order valence-corrected chi connectivity index (χ1v) is 35.9. The van der Waals surface area contributed by atoms with Gasteiger partial charge in [0.25, 0.3) is 0 Å². The summed E-state index contributed by atoms with van der Waals surface area (Å²) in [6, 6.07) is 0. The van der Waals surface area contributed by atoms with Crippen LogP contribution in [0, 0.1) is 0 Å². The molecule has 0 aromatic heterocycles. The van der Waals surface area contributed by atoms with E-state index in [1.807, 2.05) is 0 Å². The van der Waals surface area contributed by atoms with Crippen molar-refractivity contribution in [2.75, 3.05) is 13.2 Å². The number of hydrogen-bond donors (Lipinski definition) is 0. The van der Waals surface area contributed by atoms with Crippen molar-refractivity contribution in [2.45, 2.75) is 380 Å². The van der Waals surface area contributed by atoms with E-state index in [0.29, 0.717) is 19.3 Å². The summed E-state index contributed by atoms with van der Waals surface area (Å²) in [5.74, 6) is -0.884. The first kappa shape index (κ1) is 78.8. The summed E-state index contributed by atoms with van der Waals surface area (Å²) in [6.45, 7) is 6.56. The number of rotatable bonds is 66. The minimum Gasteiger partial charge on any atom is -0.462 e. The summed E-state index contributed by atoms with van der Waals surface area (Å²) in [7, 11) is 0. The van der Waals surface area contributed by atoms with Crippen LogP contribution in [-0.4, -0.2) is 37.2 Å². The molecule has 0 aliphatic rings. The highest BCUT2D eigenvalue weighted by atomic mass is 16.6. The van der Waals surface area contributed by atoms with E-state index in [1.165, 1.54) is 231 Å². The van der Waals surface area contributed by atoms with E-state index in [0.717, 1.165) is 103 Å². The van der Waals surface area contributed by atoms with Crippen molar-refractivity contribution in [1.82, 2.24) is 0 Å². The van der Waals surface area contributed by atoms with Gasteiger partial charge in [-0.25, -0.2) is 0 Å². The molecule has 82 heavy (non-hydrogen) atoms. The molecule has 1 atom stereocenters. The molecule has 0 aliphatic heterocycles. The number of unbranched alkanes of at least 4 members (excludes halogenated alkanes) is 43. The van der Waals surface area contributed by atoms with Gasteiger partial charge in [0.15, 0.2) is 6.10 Å². The molecule has 1 unspecified atom stereocenters. The third kappa shape index (κ3) is 67.6. The van der Waals surface area contributed by atoms with Crippen molar-refractivity contribution in [3.05, 3.63) is 72.9 Å². The van der Waals surface area contributed by atoms with E-state index in [-0.39, 0.29) is 31.1 Å². The monoisotopic (exact) mass is 1150 g/mol. The Hall–Kier alpha value is -3.15. The van der Waals surface area contributed by atoms with E-state index in [9.17, 15) is 14.4 Å². The zero-order chi connectivity index (χ0) is 59.2. The number of esters is 3. The molecule has 0 rings (SSSR count). The predicted molar refractivity (Wildman–Crippen MR) is 358 cm³/mol. The number of carbonyl (C=O) groups excluding carboxylic acids is 3. The van der Waals surface area contributed by atoms with Gasteiger partial charge in [0.1, 0.15) is 13.2 Å². The first-order chi connectivity index (χ1) is 40.5. The van der Waals surface area contributed by atoms with Crippen molar-refractivity contribution < 1.29 is 28.6 Å². The standard InChI is InChI=1S/C76H136O6/c1-4-7-10-13-16-19-22-25-28-31-33-35-37-39-40-42-45-48-51-54-57-60-63-66-69-75(78)81-72-73(71-80-74(77)68-65-62-59-56-53-50-47-44-30-27-24-21-18-15-12-9-6-3)82-76(79)70-67-64-61-58-55-52-49-46-43-41-38-36-34-32-29-26-23-20-17-14-11-8-5-2/h9,12,18,21,23,26-27,30,32,34,47,50,73H,4-8,10-11,13-17,19-20,22,24-25,28-29,31,33,35-46,48-49,51-72H2,1-3H3/b12-9-,21-18-,26-23-,30-27-,34-32-,50-47-. The maximum atomic E-state index is 13.0. The lowest BCUT2D eigenvalue weighted by atomic mass is 10.0. The van der Waals surface area contributed by atoms with E-state index >= 15 is 0 Å². The van der Waals surface area contributed by atoms with Crippen LogP contribution in [0.5, 0.6) is 0 Å². The highest BCUT2D eigenvalue weighted by Gasteiger charge is 2.19. The molecule has 0 saturated heterocycles. The van der Waals surface area contributed by atoms with Crippen molar-refractivity contribution in [1.29, 1.82) is 0 Å². The van der Waals surface area contributed by atoms with E-state index < -0.39 is 6.10 Å². The van der Waals surface area contributed by atoms with Gasteiger partial charge in [0.2, 0.25) is 0 Å². The van der Waals surface area contributed by atoms with Gasteiger partial charge < -0.3 is 14.2 Å². The summed E-state index contributed by atoms with van der Waals surface area (Å²) in [4.78, 5) is 38.5. The molecule has 0 spiro atoms. The number of allylic oxidation sites excluding steroid dienone is 12. The largest absolute Gasteiger partial charge is 0.462 e.